The van der Waals surface area contributed by atoms with Gasteiger partial charge in [-0.25, -0.2) is 0 Å². The molecule has 0 amide bonds. The van der Waals surface area contributed by atoms with E-state index in [2.05, 4.69) is 11.1 Å². The maximum Gasteiger partial charge on any atom is 0.123 e. The summed E-state index contributed by atoms with van der Waals surface area (Å²) in [5.74, 6) is 1.74. The molecule has 0 aliphatic carbocycles. The van der Waals surface area contributed by atoms with Crippen LogP contribution in [0.2, 0.25) is 0 Å². The van der Waals surface area contributed by atoms with Crippen LogP contribution < -0.4 is 10.5 Å². The Balaban J connectivity index is 2.28. The SMILES string of the molecule is CC(C)N=C(N)C1COc2ccccc21. The molecule has 0 aromatic heterocycles. The Morgan fingerprint density at radius 2 is 2.20 bits per heavy atom. The fourth-order valence-electron chi connectivity index (χ4n) is 1.80. The molecule has 1 aromatic rings. The highest BCUT2D eigenvalue weighted by Gasteiger charge is 2.26. The van der Waals surface area contributed by atoms with Crippen LogP contribution in [-0.2, 0) is 0 Å². The van der Waals surface area contributed by atoms with E-state index >= 15 is 0 Å². The van der Waals surface area contributed by atoms with Gasteiger partial charge < -0.3 is 10.5 Å². The van der Waals surface area contributed by atoms with E-state index in [1.807, 2.05) is 32.0 Å². The summed E-state index contributed by atoms with van der Waals surface area (Å²) in [6, 6.07) is 8.23. The van der Waals surface area contributed by atoms with E-state index in [0.717, 1.165) is 11.3 Å². The Bertz CT molecular complexity index is 385. The van der Waals surface area contributed by atoms with Gasteiger partial charge in [0.05, 0.1) is 5.92 Å². The molecule has 2 N–H and O–H groups in total. The van der Waals surface area contributed by atoms with Crippen LogP contribution in [0.5, 0.6) is 5.75 Å². The highest BCUT2D eigenvalue weighted by Crippen LogP contribution is 2.33. The molecule has 1 atom stereocenters. The van der Waals surface area contributed by atoms with Gasteiger partial charge in [-0.15, -0.1) is 0 Å². The molecule has 15 heavy (non-hydrogen) atoms. The molecule has 0 bridgehead atoms. The van der Waals surface area contributed by atoms with Crippen molar-refractivity contribution in [2.75, 3.05) is 6.61 Å². The third-order valence-electron chi connectivity index (χ3n) is 2.46. The Morgan fingerprint density at radius 3 is 2.93 bits per heavy atom. The van der Waals surface area contributed by atoms with Gasteiger partial charge in [-0.1, -0.05) is 18.2 Å². The molecule has 1 aliphatic rings. The molecular formula is C12H16N2O. The van der Waals surface area contributed by atoms with E-state index in [4.69, 9.17) is 10.5 Å². The Morgan fingerprint density at radius 1 is 1.47 bits per heavy atom. The molecule has 2 rings (SSSR count). The summed E-state index contributed by atoms with van der Waals surface area (Å²) in [6.07, 6.45) is 0. The number of para-hydroxylation sites is 1. The second-order valence-electron chi connectivity index (χ2n) is 4.05. The Kier molecular flexibility index (Phi) is 2.62. The maximum absolute atomic E-state index is 5.96. The third-order valence-corrected chi connectivity index (χ3v) is 2.46. The van der Waals surface area contributed by atoms with Crippen molar-refractivity contribution in [3.63, 3.8) is 0 Å². The van der Waals surface area contributed by atoms with Crippen LogP contribution in [0.4, 0.5) is 0 Å². The number of fused-ring (bicyclic) bond motifs is 1. The number of hydrogen-bond donors (Lipinski definition) is 1. The average molecular weight is 204 g/mol. The lowest BCUT2D eigenvalue weighted by molar-refractivity contribution is 0.349. The molecule has 80 valence electrons. The van der Waals surface area contributed by atoms with Crippen molar-refractivity contribution in [3.8, 4) is 5.75 Å². The molecule has 1 unspecified atom stereocenters. The van der Waals surface area contributed by atoms with Crippen molar-refractivity contribution in [2.45, 2.75) is 25.8 Å². The lowest BCUT2D eigenvalue weighted by Gasteiger charge is -2.09. The minimum absolute atomic E-state index is 0.128. The summed E-state index contributed by atoms with van der Waals surface area (Å²) in [5, 5.41) is 0. The highest BCUT2D eigenvalue weighted by molar-refractivity contribution is 5.89. The number of nitrogens with two attached hydrogens (primary N) is 1. The molecule has 3 heteroatoms. The number of aliphatic imine (C=N–C) groups is 1. The molecule has 0 saturated heterocycles. The lowest BCUT2D eigenvalue weighted by atomic mass is 10.0. The first-order valence-electron chi connectivity index (χ1n) is 5.23. The number of hydrogen-bond acceptors (Lipinski definition) is 2. The molecule has 1 aliphatic heterocycles. The van der Waals surface area contributed by atoms with Gasteiger partial charge in [0.1, 0.15) is 18.2 Å². The van der Waals surface area contributed by atoms with Gasteiger partial charge in [0.25, 0.3) is 0 Å². The zero-order chi connectivity index (χ0) is 10.8. The van der Waals surface area contributed by atoms with Crippen LogP contribution in [0.1, 0.15) is 25.3 Å². The van der Waals surface area contributed by atoms with Gasteiger partial charge in [-0.05, 0) is 19.9 Å². The first-order valence-corrected chi connectivity index (χ1v) is 5.23. The summed E-state index contributed by atoms with van der Waals surface area (Å²) in [6.45, 7) is 4.66. The van der Waals surface area contributed by atoms with Gasteiger partial charge in [-0.2, -0.15) is 0 Å². The number of rotatable bonds is 2. The van der Waals surface area contributed by atoms with Crippen LogP contribution in [0.15, 0.2) is 29.3 Å². The maximum atomic E-state index is 5.96. The van der Waals surface area contributed by atoms with Gasteiger partial charge in [0.15, 0.2) is 0 Å². The number of ether oxygens (including phenoxy) is 1. The smallest absolute Gasteiger partial charge is 0.123 e. The van der Waals surface area contributed by atoms with E-state index in [9.17, 15) is 0 Å². The van der Waals surface area contributed by atoms with E-state index in [-0.39, 0.29) is 12.0 Å². The monoisotopic (exact) mass is 204 g/mol. The minimum atomic E-state index is 0.128. The highest BCUT2D eigenvalue weighted by atomic mass is 16.5. The molecule has 0 radical (unpaired) electrons. The van der Waals surface area contributed by atoms with E-state index in [0.29, 0.717) is 12.4 Å². The van der Waals surface area contributed by atoms with E-state index in [1.165, 1.54) is 0 Å². The van der Waals surface area contributed by atoms with Crippen LogP contribution in [-0.4, -0.2) is 18.5 Å². The summed E-state index contributed by atoms with van der Waals surface area (Å²) in [5.41, 5.74) is 7.12. The quantitative estimate of drug-likeness (QED) is 0.591. The van der Waals surface area contributed by atoms with Crippen molar-refractivity contribution in [1.82, 2.24) is 0 Å². The summed E-state index contributed by atoms with van der Waals surface area (Å²) < 4.78 is 5.55. The zero-order valence-corrected chi connectivity index (χ0v) is 9.10. The summed E-state index contributed by atoms with van der Waals surface area (Å²) >= 11 is 0. The fourth-order valence-corrected chi connectivity index (χ4v) is 1.80. The van der Waals surface area contributed by atoms with Crippen molar-refractivity contribution in [2.24, 2.45) is 10.7 Å². The largest absolute Gasteiger partial charge is 0.492 e. The topological polar surface area (TPSA) is 47.6 Å². The van der Waals surface area contributed by atoms with Crippen LogP contribution in [0.25, 0.3) is 0 Å². The van der Waals surface area contributed by atoms with E-state index in [1.54, 1.807) is 0 Å². The van der Waals surface area contributed by atoms with Gasteiger partial charge in [-0.3, -0.25) is 4.99 Å². The van der Waals surface area contributed by atoms with Gasteiger partial charge in [0, 0.05) is 11.6 Å². The van der Waals surface area contributed by atoms with Crippen molar-refractivity contribution >= 4 is 5.84 Å². The second kappa shape index (κ2) is 3.93. The molecule has 0 spiro atoms. The summed E-state index contributed by atoms with van der Waals surface area (Å²) in [7, 11) is 0. The Labute approximate surface area is 90.0 Å². The van der Waals surface area contributed by atoms with Crippen LogP contribution in [0, 0.1) is 0 Å². The predicted molar refractivity (Wildman–Crippen MR) is 61.4 cm³/mol. The standard InChI is InChI=1S/C12H16N2O/c1-8(2)14-12(13)10-7-15-11-6-4-3-5-9(10)11/h3-6,8,10H,7H2,1-2H3,(H2,13,14). The average Bonchev–Trinajstić information content (AvgIpc) is 2.59. The number of amidine groups is 1. The van der Waals surface area contributed by atoms with Crippen LogP contribution >= 0.6 is 0 Å². The number of benzene rings is 1. The normalized spacial score (nSPS) is 20.2. The molecule has 1 aromatic carbocycles. The first kappa shape index (κ1) is 10.0. The predicted octanol–water partition coefficient (Wildman–Crippen LogP) is 1.93. The minimum Gasteiger partial charge on any atom is -0.492 e. The second-order valence-corrected chi connectivity index (χ2v) is 4.05. The Hall–Kier alpha value is -1.51. The number of nitrogens with zero attached hydrogens (tertiary/aromatic N) is 1. The van der Waals surface area contributed by atoms with Gasteiger partial charge in [0.2, 0.25) is 0 Å². The van der Waals surface area contributed by atoms with Crippen LogP contribution in [0.3, 0.4) is 0 Å². The van der Waals surface area contributed by atoms with Crippen molar-refractivity contribution < 1.29 is 4.74 Å². The van der Waals surface area contributed by atoms with Gasteiger partial charge >= 0.3 is 0 Å². The molecule has 0 fully saturated rings. The molecule has 3 nitrogen and oxygen atoms in total. The lowest BCUT2D eigenvalue weighted by Crippen LogP contribution is -2.24. The molecular weight excluding hydrogens is 188 g/mol. The third kappa shape index (κ3) is 1.96. The van der Waals surface area contributed by atoms with Crippen molar-refractivity contribution in [1.29, 1.82) is 0 Å². The van der Waals surface area contributed by atoms with E-state index < -0.39 is 0 Å². The van der Waals surface area contributed by atoms with Crippen molar-refractivity contribution in [3.05, 3.63) is 29.8 Å². The molecule has 1 heterocycles. The zero-order valence-electron chi connectivity index (χ0n) is 9.10. The summed E-state index contributed by atoms with van der Waals surface area (Å²) in [4.78, 5) is 4.37. The molecule has 0 saturated carbocycles. The fraction of sp³-hybridized carbons (Fsp3) is 0.417. The first-order chi connectivity index (χ1) is 7.18.